The van der Waals surface area contributed by atoms with Gasteiger partial charge < -0.3 is 14.6 Å². The molecule has 21 heavy (non-hydrogen) atoms. The molecule has 0 saturated carbocycles. The van der Waals surface area contributed by atoms with Gasteiger partial charge in [0, 0.05) is 4.90 Å². The Labute approximate surface area is 124 Å². The highest BCUT2D eigenvalue weighted by molar-refractivity contribution is 7.99. The van der Waals surface area contributed by atoms with Crippen molar-refractivity contribution in [3.05, 3.63) is 47.5 Å². The van der Waals surface area contributed by atoms with Gasteiger partial charge in [0.15, 0.2) is 11.5 Å². The van der Waals surface area contributed by atoms with E-state index in [2.05, 4.69) is 0 Å². The summed E-state index contributed by atoms with van der Waals surface area (Å²) in [7, 11) is 0. The molecule has 0 unspecified atom stereocenters. The minimum atomic E-state index is -0.695. The maximum absolute atomic E-state index is 13.9. The Balaban J connectivity index is 1.90. The molecule has 1 aliphatic heterocycles. The molecule has 0 fully saturated rings. The van der Waals surface area contributed by atoms with Crippen LogP contribution in [0.4, 0.5) is 8.78 Å². The number of hydrogen-bond donors (Lipinski definition) is 1. The van der Waals surface area contributed by atoms with E-state index in [1.165, 1.54) is 0 Å². The molecule has 0 atom stereocenters. The highest BCUT2D eigenvalue weighted by atomic mass is 32.2. The second kappa shape index (κ2) is 5.91. The van der Waals surface area contributed by atoms with E-state index in [4.69, 9.17) is 14.6 Å². The SMILES string of the molecule is OCc1cc(F)c(Sc2ccc3c(c2)OCCO3)c(F)c1. The zero-order valence-electron chi connectivity index (χ0n) is 10.9. The van der Waals surface area contributed by atoms with Crippen molar-refractivity contribution in [2.75, 3.05) is 13.2 Å². The van der Waals surface area contributed by atoms with Crippen molar-refractivity contribution in [2.24, 2.45) is 0 Å². The van der Waals surface area contributed by atoms with Crippen molar-refractivity contribution >= 4 is 11.8 Å². The van der Waals surface area contributed by atoms with Crippen molar-refractivity contribution in [3.63, 3.8) is 0 Å². The third kappa shape index (κ3) is 2.96. The lowest BCUT2D eigenvalue weighted by Crippen LogP contribution is -2.15. The van der Waals surface area contributed by atoms with Gasteiger partial charge in [-0.15, -0.1) is 0 Å². The van der Waals surface area contributed by atoms with Crippen LogP contribution in [0.1, 0.15) is 5.56 Å². The summed E-state index contributed by atoms with van der Waals surface area (Å²) in [5, 5.41) is 8.93. The summed E-state index contributed by atoms with van der Waals surface area (Å²) in [6.07, 6.45) is 0. The fourth-order valence-electron chi connectivity index (χ4n) is 2.01. The second-order valence-corrected chi connectivity index (χ2v) is 5.54. The highest BCUT2D eigenvalue weighted by Crippen LogP contribution is 2.38. The van der Waals surface area contributed by atoms with Crippen LogP contribution in [0.5, 0.6) is 11.5 Å². The molecular formula is C15H12F2O3S. The third-order valence-electron chi connectivity index (χ3n) is 2.97. The Morgan fingerprint density at radius 2 is 1.67 bits per heavy atom. The zero-order chi connectivity index (χ0) is 14.8. The van der Waals surface area contributed by atoms with Gasteiger partial charge in [0.25, 0.3) is 0 Å². The standard InChI is InChI=1S/C15H12F2O3S/c16-11-5-9(8-18)6-12(17)15(11)21-10-1-2-13-14(7-10)20-4-3-19-13/h1-2,5-7,18H,3-4,8H2. The lowest BCUT2D eigenvalue weighted by molar-refractivity contribution is 0.171. The van der Waals surface area contributed by atoms with Crippen LogP contribution < -0.4 is 9.47 Å². The minimum Gasteiger partial charge on any atom is -0.486 e. The van der Waals surface area contributed by atoms with Crippen LogP contribution >= 0.6 is 11.8 Å². The Bertz CT molecular complexity index is 653. The predicted molar refractivity (Wildman–Crippen MR) is 73.8 cm³/mol. The number of ether oxygens (including phenoxy) is 2. The van der Waals surface area contributed by atoms with E-state index in [0.717, 1.165) is 23.9 Å². The van der Waals surface area contributed by atoms with Crippen molar-refractivity contribution in [1.82, 2.24) is 0 Å². The van der Waals surface area contributed by atoms with Crippen LogP contribution in [0.3, 0.4) is 0 Å². The largest absolute Gasteiger partial charge is 0.486 e. The summed E-state index contributed by atoms with van der Waals surface area (Å²) >= 11 is 0.966. The first kappa shape index (κ1) is 14.2. The molecule has 0 aliphatic carbocycles. The van der Waals surface area contributed by atoms with Gasteiger partial charge in [0.05, 0.1) is 11.5 Å². The lowest BCUT2D eigenvalue weighted by Gasteiger charge is -2.18. The second-order valence-electron chi connectivity index (χ2n) is 4.45. The summed E-state index contributed by atoms with van der Waals surface area (Å²) < 4.78 is 38.6. The fraction of sp³-hybridized carbons (Fsp3) is 0.200. The molecule has 0 amide bonds. The summed E-state index contributed by atoms with van der Waals surface area (Å²) in [5.74, 6) is -0.195. The van der Waals surface area contributed by atoms with Gasteiger partial charge in [-0.05, 0) is 35.9 Å². The maximum Gasteiger partial charge on any atom is 0.162 e. The van der Waals surface area contributed by atoms with E-state index in [-0.39, 0.29) is 10.5 Å². The summed E-state index contributed by atoms with van der Waals surface area (Å²) in [6.45, 7) is 0.545. The number of halogens is 2. The van der Waals surface area contributed by atoms with Crippen LogP contribution in [0.25, 0.3) is 0 Å². The number of fused-ring (bicyclic) bond motifs is 1. The molecular weight excluding hydrogens is 298 g/mol. The van der Waals surface area contributed by atoms with Crippen LogP contribution in [0.15, 0.2) is 40.1 Å². The van der Waals surface area contributed by atoms with Crippen LogP contribution in [0, 0.1) is 11.6 Å². The van der Waals surface area contributed by atoms with E-state index in [0.29, 0.717) is 29.6 Å². The van der Waals surface area contributed by atoms with Gasteiger partial charge in [-0.1, -0.05) is 11.8 Å². The quantitative estimate of drug-likeness (QED) is 0.943. The van der Waals surface area contributed by atoms with Crippen LogP contribution in [-0.2, 0) is 6.61 Å². The summed E-state index contributed by atoms with van der Waals surface area (Å²) in [6, 6.07) is 7.39. The molecule has 1 N–H and O–H groups in total. The maximum atomic E-state index is 13.9. The normalized spacial score (nSPS) is 13.3. The van der Waals surface area contributed by atoms with E-state index >= 15 is 0 Å². The molecule has 0 bridgehead atoms. The van der Waals surface area contributed by atoms with Crippen molar-refractivity contribution < 1.29 is 23.4 Å². The molecule has 2 aromatic carbocycles. The number of benzene rings is 2. The first-order valence-corrected chi connectivity index (χ1v) is 7.15. The molecule has 1 heterocycles. The first-order chi connectivity index (χ1) is 10.2. The van der Waals surface area contributed by atoms with Crippen molar-refractivity contribution in [3.8, 4) is 11.5 Å². The van der Waals surface area contributed by atoms with Crippen molar-refractivity contribution in [1.29, 1.82) is 0 Å². The number of aliphatic hydroxyl groups is 1. The Hall–Kier alpha value is -1.79. The Morgan fingerprint density at radius 1 is 1.00 bits per heavy atom. The lowest BCUT2D eigenvalue weighted by atomic mass is 10.2. The van der Waals surface area contributed by atoms with E-state index in [9.17, 15) is 8.78 Å². The molecule has 0 spiro atoms. The Morgan fingerprint density at radius 3 is 2.33 bits per heavy atom. The molecule has 3 rings (SSSR count). The molecule has 110 valence electrons. The van der Waals surface area contributed by atoms with Gasteiger partial charge in [-0.2, -0.15) is 0 Å². The third-order valence-corrected chi connectivity index (χ3v) is 4.06. The van der Waals surface area contributed by atoms with Gasteiger partial charge >= 0.3 is 0 Å². The number of hydrogen-bond acceptors (Lipinski definition) is 4. The monoisotopic (exact) mass is 310 g/mol. The van der Waals surface area contributed by atoms with Crippen molar-refractivity contribution in [2.45, 2.75) is 16.4 Å². The van der Waals surface area contributed by atoms with Gasteiger partial charge in [-0.3, -0.25) is 0 Å². The number of rotatable bonds is 3. The highest BCUT2D eigenvalue weighted by Gasteiger charge is 2.16. The molecule has 3 nitrogen and oxygen atoms in total. The molecule has 0 radical (unpaired) electrons. The topological polar surface area (TPSA) is 38.7 Å². The predicted octanol–water partition coefficient (Wildman–Crippen LogP) is 3.38. The van der Waals surface area contributed by atoms with E-state index in [1.54, 1.807) is 18.2 Å². The van der Waals surface area contributed by atoms with E-state index in [1.807, 2.05) is 0 Å². The first-order valence-electron chi connectivity index (χ1n) is 6.33. The number of aliphatic hydroxyl groups excluding tert-OH is 1. The van der Waals surface area contributed by atoms with Gasteiger partial charge in [-0.25, -0.2) is 8.78 Å². The molecule has 6 heteroatoms. The van der Waals surface area contributed by atoms with Gasteiger partial charge in [0.1, 0.15) is 24.8 Å². The van der Waals surface area contributed by atoms with Gasteiger partial charge in [0.2, 0.25) is 0 Å². The van der Waals surface area contributed by atoms with Crippen LogP contribution in [0.2, 0.25) is 0 Å². The smallest absolute Gasteiger partial charge is 0.162 e. The molecule has 0 aromatic heterocycles. The zero-order valence-corrected chi connectivity index (χ0v) is 11.8. The average Bonchev–Trinajstić information content (AvgIpc) is 2.50. The fourth-order valence-corrected chi connectivity index (χ4v) is 2.86. The molecule has 0 saturated heterocycles. The summed E-state index contributed by atoms with van der Waals surface area (Å²) in [5.41, 5.74) is 0.205. The van der Waals surface area contributed by atoms with E-state index < -0.39 is 18.2 Å². The molecule has 1 aliphatic rings. The Kier molecular flexibility index (Phi) is 3.98. The molecule has 2 aromatic rings. The van der Waals surface area contributed by atoms with Crippen LogP contribution in [-0.4, -0.2) is 18.3 Å². The average molecular weight is 310 g/mol. The minimum absolute atomic E-state index is 0.108. The summed E-state index contributed by atoms with van der Waals surface area (Å²) in [4.78, 5) is 0.540.